The van der Waals surface area contributed by atoms with Gasteiger partial charge >= 0.3 is 0 Å². The predicted molar refractivity (Wildman–Crippen MR) is 118 cm³/mol. The molecule has 4 heteroatoms. The van der Waals surface area contributed by atoms with Crippen molar-refractivity contribution in [2.24, 2.45) is 17.9 Å². The van der Waals surface area contributed by atoms with Crippen LogP contribution in [0.15, 0.2) is 6.07 Å². The molecule has 0 spiro atoms. The summed E-state index contributed by atoms with van der Waals surface area (Å²) >= 11 is 0. The molecule has 1 heterocycles. The second-order valence-electron chi connectivity index (χ2n) is 10.5. The van der Waals surface area contributed by atoms with E-state index in [4.69, 9.17) is 4.74 Å². The summed E-state index contributed by atoms with van der Waals surface area (Å²) in [5.41, 5.74) is 7.23. The Kier molecular flexibility index (Phi) is 4.80. The van der Waals surface area contributed by atoms with Crippen molar-refractivity contribution in [3.05, 3.63) is 45.1 Å². The van der Waals surface area contributed by atoms with Gasteiger partial charge in [-0.15, -0.1) is 0 Å². The lowest BCUT2D eigenvalue weighted by atomic mass is 9.46. The van der Waals surface area contributed by atoms with E-state index in [-0.39, 0.29) is 22.0 Å². The van der Waals surface area contributed by atoms with Gasteiger partial charge < -0.3 is 4.74 Å². The van der Waals surface area contributed by atoms with Gasteiger partial charge in [0.1, 0.15) is 5.56 Å². The van der Waals surface area contributed by atoms with Crippen LogP contribution in [0, 0.1) is 31.6 Å². The zero-order valence-electron chi connectivity index (χ0n) is 20.0. The average molecular weight is 397 g/mol. The monoisotopic (exact) mass is 396 g/mol. The van der Waals surface area contributed by atoms with Crippen LogP contribution in [0.1, 0.15) is 85.4 Å². The van der Waals surface area contributed by atoms with Crippen LogP contribution in [0.3, 0.4) is 0 Å². The summed E-state index contributed by atoms with van der Waals surface area (Å²) in [5.74, 6) is 0.511. The SMILES string of the molecule is COc1c(C(=O)c2cc(C)c3c(c2C)C(C)(C)C(C)(C)C(C)(C)C3)c(C)nn1C. The molecule has 29 heavy (non-hydrogen) atoms. The molecule has 3 rings (SSSR count). The largest absolute Gasteiger partial charge is 0.481 e. The van der Waals surface area contributed by atoms with Gasteiger partial charge in [0.05, 0.1) is 12.8 Å². The van der Waals surface area contributed by atoms with Crippen LogP contribution in [0.4, 0.5) is 0 Å². The number of aryl methyl sites for hydroxylation is 3. The van der Waals surface area contributed by atoms with E-state index in [1.807, 2.05) is 6.92 Å². The Balaban J connectivity index is 2.30. The molecular weight excluding hydrogens is 360 g/mol. The number of hydrogen-bond donors (Lipinski definition) is 0. The molecule has 1 aromatic heterocycles. The van der Waals surface area contributed by atoms with Crippen molar-refractivity contribution in [1.29, 1.82) is 0 Å². The minimum atomic E-state index is -0.0662. The van der Waals surface area contributed by atoms with Crippen LogP contribution < -0.4 is 4.74 Å². The zero-order chi connectivity index (χ0) is 22.1. The molecule has 2 aromatic rings. The van der Waals surface area contributed by atoms with Crippen LogP contribution in [-0.4, -0.2) is 22.7 Å². The van der Waals surface area contributed by atoms with Crippen molar-refractivity contribution in [1.82, 2.24) is 9.78 Å². The third kappa shape index (κ3) is 2.78. The molecule has 0 saturated heterocycles. The number of ketones is 1. The average Bonchev–Trinajstić information content (AvgIpc) is 2.88. The van der Waals surface area contributed by atoms with Crippen molar-refractivity contribution in [3.63, 3.8) is 0 Å². The van der Waals surface area contributed by atoms with Gasteiger partial charge in [0.2, 0.25) is 11.7 Å². The number of rotatable bonds is 3. The van der Waals surface area contributed by atoms with Crippen LogP contribution >= 0.6 is 0 Å². The molecule has 4 nitrogen and oxygen atoms in total. The van der Waals surface area contributed by atoms with E-state index in [2.05, 4.69) is 66.6 Å². The van der Waals surface area contributed by atoms with Crippen molar-refractivity contribution in [3.8, 4) is 5.88 Å². The fraction of sp³-hybridized carbons (Fsp3) is 0.600. The first-order valence-electron chi connectivity index (χ1n) is 10.4. The summed E-state index contributed by atoms with van der Waals surface area (Å²) in [6.07, 6.45) is 1.02. The maximum absolute atomic E-state index is 13.7. The summed E-state index contributed by atoms with van der Waals surface area (Å²) in [4.78, 5) is 13.7. The minimum Gasteiger partial charge on any atom is -0.481 e. The van der Waals surface area contributed by atoms with Crippen LogP contribution in [0.2, 0.25) is 0 Å². The number of carbonyl (C=O) groups excluding carboxylic acids is 1. The molecular formula is C25H36N2O2. The Labute approximate surface area is 175 Å². The lowest BCUT2D eigenvalue weighted by molar-refractivity contribution is 0.0147. The lowest BCUT2D eigenvalue weighted by Gasteiger charge is -2.58. The van der Waals surface area contributed by atoms with E-state index >= 15 is 0 Å². The number of methoxy groups -OCH3 is 1. The molecule has 0 amide bonds. The molecule has 0 aliphatic heterocycles. The van der Waals surface area contributed by atoms with Crippen molar-refractivity contribution in [2.75, 3.05) is 7.11 Å². The summed E-state index contributed by atoms with van der Waals surface area (Å²) in [6.45, 7) is 20.3. The van der Waals surface area contributed by atoms with E-state index < -0.39 is 0 Å². The highest BCUT2D eigenvalue weighted by Gasteiger charge is 2.53. The van der Waals surface area contributed by atoms with Crippen molar-refractivity contribution in [2.45, 2.75) is 74.1 Å². The standard InChI is InChI=1S/C25H36N2O2/c1-14-12-17(21(28)19-16(3)26-27(10)22(19)29-11)15(2)20-18(14)13-23(4,5)25(8,9)24(20,6)7/h12H,13H2,1-11H3. The Morgan fingerprint density at radius 1 is 1.10 bits per heavy atom. The van der Waals surface area contributed by atoms with Crippen LogP contribution in [0.5, 0.6) is 5.88 Å². The second-order valence-corrected chi connectivity index (χ2v) is 10.5. The van der Waals surface area contributed by atoms with Gasteiger partial charge in [-0.05, 0) is 71.8 Å². The van der Waals surface area contributed by atoms with Gasteiger partial charge in [0.15, 0.2) is 0 Å². The molecule has 0 unspecified atom stereocenters. The van der Waals surface area contributed by atoms with E-state index in [0.717, 1.165) is 17.5 Å². The molecule has 0 N–H and O–H groups in total. The predicted octanol–water partition coefficient (Wildman–Crippen LogP) is 5.47. The summed E-state index contributed by atoms with van der Waals surface area (Å²) in [7, 11) is 3.40. The number of carbonyl (C=O) groups is 1. The Bertz CT molecular complexity index is 1010. The zero-order valence-corrected chi connectivity index (χ0v) is 20.0. The van der Waals surface area contributed by atoms with E-state index in [1.54, 1.807) is 18.8 Å². The molecule has 0 fully saturated rings. The summed E-state index contributed by atoms with van der Waals surface area (Å²) in [5, 5.41) is 4.41. The quantitative estimate of drug-likeness (QED) is 0.646. The maximum atomic E-state index is 13.7. The third-order valence-corrected chi connectivity index (χ3v) is 8.25. The molecule has 0 radical (unpaired) electrons. The van der Waals surface area contributed by atoms with E-state index in [0.29, 0.717) is 17.1 Å². The second kappa shape index (κ2) is 6.45. The summed E-state index contributed by atoms with van der Waals surface area (Å²) < 4.78 is 7.14. The normalized spacial score (nSPS) is 19.0. The Hall–Kier alpha value is -2.10. The van der Waals surface area contributed by atoms with Crippen LogP contribution in [-0.2, 0) is 18.9 Å². The lowest BCUT2D eigenvalue weighted by Crippen LogP contribution is -2.52. The first-order valence-corrected chi connectivity index (χ1v) is 10.4. The Morgan fingerprint density at radius 3 is 2.24 bits per heavy atom. The topological polar surface area (TPSA) is 44.1 Å². The molecule has 1 aliphatic carbocycles. The highest BCUT2D eigenvalue weighted by molar-refractivity contribution is 6.12. The van der Waals surface area contributed by atoms with Gasteiger partial charge in [-0.25, -0.2) is 4.68 Å². The third-order valence-electron chi connectivity index (χ3n) is 8.25. The first-order chi connectivity index (χ1) is 13.2. The fourth-order valence-corrected chi connectivity index (χ4v) is 5.37. The first kappa shape index (κ1) is 21.6. The van der Waals surface area contributed by atoms with Crippen molar-refractivity contribution >= 4 is 5.78 Å². The highest BCUT2D eigenvalue weighted by Crippen LogP contribution is 2.59. The van der Waals surface area contributed by atoms with E-state index in [1.165, 1.54) is 16.7 Å². The van der Waals surface area contributed by atoms with Gasteiger partial charge in [0.25, 0.3) is 0 Å². The molecule has 0 saturated carbocycles. The van der Waals surface area contributed by atoms with E-state index in [9.17, 15) is 4.79 Å². The van der Waals surface area contributed by atoms with Gasteiger partial charge in [0, 0.05) is 12.6 Å². The van der Waals surface area contributed by atoms with Gasteiger partial charge in [-0.3, -0.25) is 4.79 Å². The molecule has 0 atom stereocenters. The Morgan fingerprint density at radius 2 is 1.69 bits per heavy atom. The van der Waals surface area contributed by atoms with Gasteiger partial charge in [-0.1, -0.05) is 41.5 Å². The molecule has 158 valence electrons. The van der Waals surface area contributed by atoms with Crippen LogP contribution in [0.25, 0.3) is 0 Å². The maximum Gasteiger partial charge on any atom is 0.223 e. The molecule has 0 bridgehead atoms. The van der Waals surface area contributed by atoms with Gasteiger partial charge in [-0.2, -0.15) is 5.10 Å². The number of ether oxygens (including phenoxy) is 1. The smallest absolute Gasteiger partial charge is 0.223 e. The fourth-order valence-electron chi connectivity index (χ4n) is 5.37. The minimum absolute atomic E-state index is 0.00529. The number of nitrogens with zero attached hydrogens (tertiary/aromatic N) is 2. The number of hydrogen-bond acceptors (Lipinski definition) is 3. The number of aromatic nitrogens is 2. The summed E-state index contributed by atoms with van der Waals surface area (Å²) in [6, 6.07) is 2.08. The molecule has 1 aromatic carbocycles. The van der Waals surface area contributed by atoms with Crippen molar-refractivity contribution < 1.29 is 9.53 Å². The highest BCUT2D eigenvalue weighted by atomic mass is 16.5. The number of fused-ring (bicyclic) bond motifs is 1. The number of benzene rings is 1. The molecule has 1 aliphatic rings.